The highest BCUT2D eigenvalue weighted by Crippen LogP contribution is 2.25. The number of rotatable bonds is 4. The maximum absolute atomic E-state index is 12.5. The highest BCUT2D eigenvalue weighted by molar-refractivity contribution is 7.89. The Kier molecular flexibility index (Phi) is 4.00. The van der Waals surface area contributed by atoms with Gasteiger partial charge in [0.1, 0.15) is 22.0 Å². The van der Waals surface area contributed by atoms with Crippen molar-refractivity contribution in [3.8, 4) is 0 Å². The van der Waals surface area contributed by atoms with Gasteiger partial charge in [-0.05, 0) is 17.5 Å². The minimum absolute atomic E-state index is 0.0655. The van der Waals surface area contributed by atoms with Gasteiger partial charge in [0.15, 0.2) is 0 Å². The Hall–Kier alpha value is -1.58. The molecule has 0 aliphatic heterocycles. The molecule has 0 fully saturated rings. The maximum atomic E-state index is 12.5. The monoisotopic (exact) mass is 329 g/mol. The second kappa shape index (κ2) is 5.32. The lowest BCUT2D eigenvalue weighted by molar-refractivity contribution is -0.141. The van der Waals surface area contributed by atoms with Gasteiger partial charge in [0.25, 0.3) is 0 Å². The second-order valence-electron chi connectivity index (χ2n) is 5.65. The molecule has 1 heterocycles. The third-order valence-corrected chi connectivity index (χ3v) is 4.92. The first-order chi connectivity index (χ1) is 9.63. The minimum Gasteiger partial charge on any atom is -0.480 e. The van der Waals surface area contributed by atoms with E-state index in [0.717, 1.165) is 11.7 Å². The molecule has 0 saturated heterocycles. The van der Waals surface area contributed by atoms with Crippen molar-refractivity contribution in [3.63, 3.8) is 0 Å². The second-order valence-corrected chi connectivity index (χ2v) is 7.86. The number of hydrogen-bond acceptors (Lipinski definition) is 6. The zero-order valence-corrected chi connectivity index (χ0v) is 13.3. The van der Waals surface area contributed by atoms with Gasteiger partial charge in [0, 0.05) is 0 Å². The van der Waals surface area contributed by atoms with Gasteiger partial charge in [-0.2, -0.15) is 13.5 Å². The number of nitrogens with zero attached hydrogens (tertiary/aromatic N) is 2. The lowest BCUT2D eigenvalue weighted by atomic mass is 9.88. The summed E-state index contributed by atoms with van der Waals surface area (Å²) in [5.41, 5.74) is -0.0637. The summed E-state index contributed by atoms with van der Waals surface area (Å²) >= 11 is 0.905. The van der Waals surface area contributed by atoms with E-state index < -0.39 is 27.4 Å². The lowest BCUT2D eigenvalue weighted by Gasteiger charge is -2.27. The number of carboxylic acid groups (broad SMARTS) is 1. The van der Waals surface area contributed by atoms with Gasteiger partial charge in [0.05, 0.1) is 11.7 Å². The molecular weight excluding hydrogens is 314 g/mol. The third kappa shape index (κ3) is 3.20. The van der Waals surface area contributed by atoms with E-state index >= 15 is 0 Å². The first-order valence-corrected chi connectivity index (χ1v) is 8.31. The molecule has 0 spiro atoms. The first-order valence-electron chi connectivity index (χ1n) is 6.09. The molecule has 7 nitrogen and oxygen atoms in total. The molecule has 114 valence electrons. The van der Waals surface area contributed by atoms with E-state index in [1.165, 1.54) is 6.07 Å². The number of fused-ring (bicyclic) bond motifs is 1. The third-order valence-electron chi connectivity index (χ3n) is 2.92. The van der Waals surface area contributed by atoms with Crippen LogP contribution < -0.4 is 4.72 Å². The van der Waals surface area contributed by atoms with Crippen LogP contribution in [-0.2, 0) is 14.8 Å². The number of nitrogens with one attached hydrogen (secondary N) is 1. The van der Waals surface area contributed by atoms with Gasteiger partial charge < -0.3 is 5.11 Å². The molecular formula is C12H15N3O4S2. The molecule has 2 aromatic rings. The van der Waals surface area contributed by atoms with Gasteiger partial charge >= 0.3 is 5.97 Å². The van der Waals surface area contributed by atoms with Crippen molar-refractivity contribution < 1.29 is 18.3 Å². The predicted molar refractivity (Wildman–Crippen MR) is 78.6 cm³/mol. The van der Waals surface area contributed by atoms with Crippen LogP contribution in [0.3, 0.4) is 0 Å². The van der Waals surface area contributed by atoms with Crippen LogP contribution in [0.4, 0.5) is 0 Å². The van der Waals surface area contributed by atoms with E-state index in [9.17, 15) is 18.3 Å². The Labute approximate surface area is 126 Å². The van der Waals surface area contributed by atoms with Crippen molar-refractivity contribution in [1.82, 2.24) is 13.5 Å². The Morgan fingerprint density at radius 2 is 2.00 bits per heavy atom. The summed E-state index contributed by atoms with van der Waals surface area (Å²) in [6.07, 6.45) is 0. The molecule has 1 unspecified atom stereocenters. The summed E-state index contributed by atoms with van der Waals surface area (Å²) in [7, 11) is -4.01. The van der Waals surface area contributed by atoms with Crippen molar-refractivity contribution in [2.75, 3.05) is 0 Å². The highest BCUT2D eigenvalue weighted by Gasteiger charge is 2.36. The Morgan fingerprint density at radius 1 is 1.33 bits per heavy atom. The molecule has 0 radical (unpaired) electrons. The van der Waals surface area contributed by atoms with Gasteiger partial charge in [-0.25, -0.2) is 8.42 Å². The topological polar surface area (TPSA) is 109 Å². The van der Waals surface area contributed by atoms with Crippen LogP contribution in [0.15, 0.2) is 23.1 Å². The fourth-order valence-electron chi connectivity index (χ4n) is 1.81. The van der Waals surface area contributed by atoms with Crippen LogP contribution in [0.1, 0.15) is 20.8 Å². The number of benzene rings is 1. The Morgan fingerprint density at radius 3 is 2.57 bits per heavy atom. The van der Waals surface area contributed by atoms with Crippen molar-refractivity contribution in [2.24, 2.45) is 5.41 Å². The summed E-state index contributed by atoms with van der Waals surface area (Å²) in [5.74, 6) is -1.23. The van der Waals surface area contributed by atoms with E-state index in [4.69, 9.17) is 0 Å². The number of carbonyl (C=O) groups is 1. The SMILES string of the molecule is CC(C)(C)C(NS(=O)(=O)c1cccc2nsnc12)C(=O)O. The lowest BCUT2D eigenvalue weighted by Crippen LogP contribution is -2.48. The molecule has 0 amide bonds. The number of carboxylic acids is 1. The van der Waals surface area contributed by atoms with E-state index in [1.54, 1.807) is 32.9 Å². The smallest absolute Gasteiger partial charge is 0.322 e. The standard InChI is InChI=1S/C12H15N3O4S2/c1-12(2,3)10(11(16)17)15-21(18,19)8-6-4-5-7-9(8)14-20-13-7/h4-6,10,15H,1-3H3,(H,16,17). The highest BCUT2D eigenvalue weighted by atomic mass is 32.2. The predicted octanol–water partition coefficient (Wildman–Crippen LogP) is 1.47. The van der Waals surface area contributed by atoms with E-state index in [-0.39, 0.29) is 10.4 Å². The number of aliphatic carboxylic acids is 1. The summed E-state index contributed by atoms with van der Waals surface area (Å²) in [6, 6.07) is 3.33. The van der Waals surface area contributed by atoms with Gasteiger partial charge in [0.2, 0.25) is 10.0 Å². The van der Waals surface area contributed by atoms with E-state index in [0.29, 0.717) is 5.52 Å². The molecule has 9 heteroatoms. The number of sulfonamides is 1. The first kappa shape index (κ1) is 15.8. The fraction of sp³-hybridized carbons (Fsp3) is 0.417. The minimum atomic E-state index is -4.01. The Balaban J connectivity index is 2.47. The van der Waals surface area contributed by atoms with Crippen molar-refractivity contribution >= 4 is 38.8 Å². The number of hydrogen-bond donors (Lipinski definition) is 2. The molecule has 1 atom stereocenters. The largest absolute Gasteiger partial charge is 0.480 e. The van der Waals surface area contributed by atoms with E-state index in [2.05, 4.69) is 13.5 Å². The average molecular weight is 329 g/mol. The fourth-order valence-corrected chi connectivity index (χ4v) is 3.98. The molecule has 21 heavy (non-hydrogen) atoms. The quantitative estimate of drug-likeness (QED) is 0.879. The average Bonchev–Trinajstić information content (AvgIpc) is 2.82. The van der Waals surface area contributed by atoms with Crippen LogP contribution >= 0.6 is 11.7 Å². The molecule has 0 aliphatic rings. The number of aromatic nitrogens is 2. The van der Waals surface area contributed by atoms with Crippen molar-refractivity contribution in [2.45, 2.75) is 31.7 Å². The van der Waals surface area contributed by atoms with Crippen molar-refractivity contribution in [3.05, 3.63) is 18.2 Å². The van der Waals surface area contributed by atoms with Gasteiger partial charge in [-0.3, -0.25) is 4.79 Å². The Bertz CT molecular complexity index is 777. The van der Waals surface area contributed by atoms with Crippen LogP contribution in [0.25, 0.3) is 11.0 Å². The van der Waals surface area contributed by atoms with Crippen LogP contribution in [0.2, 0.25) is 0 Å². The van der Waals surface area contributed by atoms with E-state index in [1.807, 2.05) is 0 Å². The molecule has 1 aromatic heterocycles. The maximum Gasteiger partial charge on any atom is 0.322 e. The van der Waals surface area contributed by atoms with Crippen LogP contribution in [0, 0.1) is 5.41 Å². The van der Waals surface area contributed by atoms with Crippen molar-refractivity contribution in [1.29, 1.82) is 0 Å². The summed E-state index contributed by atoms with van der Waals surface area (Å²) < 4.78 is 35.1. The zero-order chi connectivity index (χ0) is 15.8. The summed E-state index contributed by atoms with van der Waals surface area (Å²) in [5, 5.41) is 9.24. The molecule has 1 aromatic carbocycles. The molecule has 2 N–H and O–H groups in total. The molecule has 2 rings (SSSR count). The molecule has 0 saturated carbocycles. The molecule has 0 bridgehead atoms. The van der Waals surface area contributed by atoms with Crippen LogP contribution in [-0.4, -0.2) is 34.3 Å². The summed E-state index contributed by atoms with van der Waals surface area (Å²) in [4.78, 5) is 11.3. The molecule has 0 aliphatic carbocycles. The zero-order valence-electron chi connectivity index (χ0n) is 11.7. The normalized spacial score (nSPS) is 14.2. The summed E-state index contributed by atoms with van der Waals surface area (Å²) in [6.45, 7) is 4.96. The van der Waals surface area contributed by atoms with Gasteiger partial charge in [-0.15, -0.1) is 0 Å². The van der Waals surface area contributed by atoms with Crippen LogP contribution in [0.5, 0.6) is 0 Å². The van der Waals surface area contributed by atoms with Gasteiger partial charge in [-0.1, -0.05) is 26.8 Å².